The van der Waals surface area contributed by atoms with Crippen molar-refractivity contribution < 1.29 is 18.7 Å². The van der Waals surface area contributed by atoms with Crippen molar-refractivity contribution in [1.29, 1.82) is 0 Å². The Morgan fingerprint density at radius 1 is 1.11 bits per heavy atom. The lowest BCUT2D eigenvalue weighted by molar-refractivity contribution is -0.126. The highest BCUT2D eigenvalue weighted by Crippen LogP contribution is 2.31. The van der Waals surface area contributed by atoms with Crippen molar-refractivity contribution in [3.8, 4) is 0 Å². The van der Waals surface area contributed by atoms with Crippen LogP contribution in [0.25, 0.3) is 0 Å². The van der Waals surface area contributed by atoms with E-state index in [1.54, 1.807) is 12.0 Å². The van der Waals surface area contributed by atoms with Crippen molar-refractivity contribution in [3.63, 3.8) is 0 Å². The van der Waals surface area contributed by atoms with Crippen LogP contribution in [0.15, 0.2) is 54.6 Å². The number of ether oxygens (including phenoxy) is 1. The molecule has 2 aromatic carbocycles. The van der Waals surface area contributed by atoms with Crippen molar-refractivity contribution in [2.45, 2.75) is 12.3 Å². The molecule has 1 saturated heterocycles. The van der Waals surface area contributed by atoms with Gasteiger partial charge in [0.1, 0.15) is 5.82 Å². The summed E-state index contributed by atoms with van der Waals surface area (Å²) in [7, 11) is 1.58. The van der Waals surface area contributed by atoms with Crippen LogP contribution in [0.4, 0.5) is 4.39 Å². The van der Waals surface area contributed by atoms with E-state index in [4.69, 9.17) is 4.74 Å². The molecule has 28 heavy (non-hydrogen) atoms. The zero-order chi connectivity index (χ0) is 19.9. The summed E-state index contributed by atoms with van der Waals surface area (Å²) in [6.07, 6.45) is 0.677. The van der Waals surface area contributed by atoms with Gasteiger partial charge in [-0.3, -0.25) is 9.59 Å². The molecule has 1 N–H and O–H groups in total. The van der Waals surface area contributed by atoms with E-state index < -0.39 is 0 Å². The SMILES string of the molecule is COCCNC(=O)C1CC(c2ccccc2)CN(C(=O)c2ccc(F)cc2)C1. The first-order valence-corrected chi connectivity index (χ1v) is 9.45. The van der Waals surface area contributed by atoms with Crippen LogP contribution in [0.2, 0.25) is 0 Å². The van der Waals surface area contributed by atoms with Crippen molar-refractivity contribution in [1.82, 2.24) is 10.2 Å². The minimum absolute atomic E-state index is 0.0672. The Labute approximate surface area is 164 Å². The van der Waals surface area contributed by atoms with Crippen LogP contribution >= 0.6 is 0 Å². The molecule has 0 aromatic heterocycles. The summed E-state index contributed by atoms with van der Waals surface area (Å²) in [5.74, 6) is -0.879. The zero-order valence-corrected chi connectivity index (χ0v) is 15.9. The van der Waals surface area contributed by atoms with Gasteiger partial charge in [-0.05, 0) is 36.2 Å². The van der Waals surface area contributed by atoms with Crippen LogP contribution < -0.4 is 5.32 Å². The molecule has 1 fully saturated rings. The van der Waals surface area contributed by atoms with Crippen LogP contribution in [0.1, 0.15) is 28.3 Å². The molecule has 0 spiro atoms. The normalized spacial score (nSPS) is 19.3. The van der Waals surface area contributed by atoms with E-state index in [1.165, 1.54) is 24.3 Å². The summed E-state index contributed by atoms with van der Waals surface area (Å²) in [6, 6.07) is 15.4. The van der Waals surface area contributed by atoms with Gasteiger partial charge in [0.2, 0.25) is 5.91 Å². The van der Waals surface area contributed by atoms with Crippen molar-refractivity contribution in [3.05, 3.63) is 71.5 Å². The van der Waals surface area contributed by atoms with Gasteiger partial charge >= 0.3 is 0 Å². The van der Waals surface area contributed by atoms with Crippen LogP contribution in [0.5, 0.6) is 0 Å². The molecule has 0 bridgehead atoms. The lowest BCUT2D eigenvalue weighted by Gasteiger charge is -2.37. The Morgan fingerprint density at radius 2 is 1.82 bits per heavy atom. The molecule has 5 nitrogen and oxygen atoms in total. The Hall–Kier alpha value is -2.73. The molecule has 2 atom stereocenters. The van der Waals surface area contributed by atoms with Gasteiger partial charge in [0.05, 0.1) is 12.5 Å². The molecule has 1 aliphatic rings. The lowest BCUT2D eigenvalue weighted by Crippen LogP contribution is -2.48. The quantitative estimate of drug-likeness (QED) is 0.779. The van der Waals surface area contributed by atoms with Gasteiger partial charge in [-0.1, -0.05) is 30.3 Å². The number of piperidine rings is 1. The Morgan fingerprint density at radius 3 is 2.50 bits per heavy atom. The number of amides is 2. The van der Waals surface area contributed by atoms with Gasteiger partial charge in [0.15, 0.2) is 0 Å². The summed E-state index contributed by atoms with van der Waals surface area (Å²) in [6.45, 7) is 1.76. The van der Waals surface area contributed by atoms with E-state index in [0.29, 0.717) is 38.2 Å². The van der Waals surface area contributed by atoms with Gasteiger partial charge in [0, 0.05) is 38.2 Å². The Balaban J connectivity index is 1.79. The number of methoxy groups -OCH3 is 1. The molecule has 0 aliphatic carbocycles. The number of benzene rings is 2. The van der Waals surface area contributed by atoms with E-state index in [9.17, 15) is 14.0 Å². The molecular formula is C22H25FN2O3. The van der Waals surface area contributed by atoms with Crippen LogP contribution in [-0.2, 0) is 9.53 Å². The number of halogens is 1. The van der Waals surface area contributed by atoms with Crippen molar-refractivity contribution >= 4 is 11.8 Å². The molecule has 1 heterocycles. The molecule has 1 aliphatic heterocycles. The Kier molecular flexibility index (Phi) is 6.76. The number of rotatable bonds is 6. The number of carbonyl (C=O) groups is 2. The summed E-state index contributed by atoms with van der Waals surface area (Å²) >= 11 is 0. The van der Waals surface area contributed by atoms with Gasteiger partial charge in [-0.2, -0.15) is 0 Å². The first kappa shape index (κ1) is 20.0. The predicted octanol–water partition coefficient (Wildman–Crippen LogP) is 2.83. The second-order valence-electron chi connectivity index (χ2n) is 7.04. The van der Waals surface area contributed by atoms with E-state index in [-0.39, 0.29) is 29.5 Å². The molecule has 2 amide bonds. The van der Waals surface area contributed by atoms with Gasteiger partial charge in [-0.25, -0.2) is 4.39 Å². The van der Waals surface area contributed by atoms with Crippen molar-refractivity contribution in [2.24, 2.45) is 5.92 Å². The molecule has 2 aromatic rings. The van der Waals surface area contributed by atoms with Gasteiger partial charge < -0.3 is 15.0 Å². The molecule has 2 unspecified atom stereocenters. The van der Waals surface area contributed by atoms with Crippen LogP contribution in [0, 0.1) is 11.7 Å². The van der Waals surface area contributed by atoms with Gasteiger partial charge in [-0.15, -0.1) is 0 Å². The van der Waals surface area contributed by atoms with Crippen LogP contribution in [0.3, 0.4) is 0 Å². The maximum atomic E-state index is 13.2. The molecule has 6 heteroatoms. The predicted molar refractivity (Wildman–Crippen MR) is 104 cm³/mol. The number of nitrogens with zero attached hydrogens (tertiary/aromatic N) is 1. The summed E-state index contributed by atoms with van der Waals surface area (Å²) < 4.78 is 18.2. The fraction of sp³-hybridized carbons (Fsp3) is 0.364. The molecule has 148 valence electrons. The average Bonchev–Trinajstić information content (AvgIpc) is 2.74. The highest BCUT2D eigenvalue weighted by molar-refractivity contribution is 5.94. The monoisotopic (exact) mass is 384 g/mol. The molecular weight excluding hydrogens is 359 g/mol. The highest BCUT2D eigenvalue weighted by atomic mass is 19.1. The largest absolute Gasteiger partial charge is 0.383 e. The average molecular weight is 384 g/mol. The van der Waals surface area contributed by atoms with E-state index in [1.807, 2.05) is 30.3 Å². The van der Waals surface area contributed by atoms with Crippen molar-refractivity contribution in [2.75, 3.05) is 33.4 Å². The third-order valence-corrected chi connectivity index (χ3v) is 5.08. The summed E-state index contributed by atoms with van der Waals surface area (Å²) in [5, 5.41) is 2.88. The first-order chi connectivity index (χ1) is 13.6. The number of likely N-dealkylation sites (tertiary alicyclic amines) is 1. The van der Waals surface area contributed by atoms with Gasteiger partial charge in [0.25, 0.3) is 5.91 Å². The molecule has 3 rings (SSSR count). The first-order valence-electron chi connectivity index (χ1n) is 9.45. The number of hydrogen-bond donors (Lipinski definition) is 1. The summed E-state index contributed by atoms with van der Waals surface area (Å²) in [5.41, 5.74) is 1.53. The second-order valence-corrected chi connectivity index (χ2v) is 7.04. The second kappa shape index (κ2) is 9.46. The standard InChI is InChI=1S/C22H25FN2O3/c1-28-12-11-24-21(26)19-13-18(16-5-3-2-4-6-16)14-25(15-19)22(27)17-7-9-20(23)10-8-17/h2-10,18-19H,11-15H2,1H3,(H,24,26). The fourth-order valence-corrected chi connectivity index (χ4v) is 3.62. The highest BCUT2D eigenvalue weighted by Gasteiger charge is 2.34. The Bertz CT molecular complexity index is 795. The fourth-order valence-electron chi connectivity index (χ4n) is 3.62. The van der Waals surface area contributed by atoms with E-state index in [2.05, 4.69) is 5.32 Å². The lowest BCUT2D eigenvalue weighted by atomic mass is 9.83. The van der Waals surface area contributed by atoms with Crippen LogP contribution in [-0.4, -0.2) is 50.1 Å². The number of nitrogens with one attached hydrogen (secondary N) is 1. The summed E-state index contributed by atoms with van der Waals surface area (Å²) in [4.78, 5) is 27.3. The van der Waals surface area contributed by atoms with E-state index >= 15 is 0 Å². The maximum absolute atomic E-state index is 13.2. The molecule has 0 radical (unpaired) electrons. The smallest absolute Gasteiger partial charge is 0.253 e. The third-order valence-electron chi connectivity index (χ3n) is 5.08. The zero-order valence-electron chi connectivity index (χ0n) is 15.9. The number of carbonyl (C=O) groups excluding carboxylic acids is 2. The minimum Gasteiger partial charge on any atom is -0.383 e. The maximum Gasteiger partial charge on any atom is 0.253 e. The molecule has 0 saturated carbocycles. The topological polar surface area (TPSA) is 58.6 Å². The van der Waals surface area contributed by atoms with E-state index in [0.717, 1.165) is 5.56 Å². The minimum atomic E-state index is -0.382. The third kappa shape index (κ3) is 4.95. The number of hydrogen-bond acceptors (Lipinski definition) is 3.